The van der Waals surface area contributed by atoms with Gasteiger partial charge in [0.25, 0.3) is 0 Å². The first-order valence-corrected chi connectivity index (χ1v) is 11.6. The van der Waals surface area contributed by atoms with Crippen LogP contribution >= 0.6 is 0 Å². The van der Waals surface area contributed by atoms with E-state index in [-0.39, 0.29) is 37.7 Å². The molecule has 37 heavy (non-hydrogen) atoms. The van der Waals surface area contributed by atoms with Crippen molar-refractivity contribution in [3.8, 4) is 11.5 Å². The van der Waals surface area contributed by atoms with Crippen LogP contribution in [0.4, 0.5) is 8.78 Å². The summed E-state index contributed by atoms with van der Waals surface area (Å²) < 4.78 is 24.1. The number of phenols is 2. The molecule has 0 aliphatic heterocycles. The second kappa shape index (κ2) is 15.1. The Morgan fingerprint density at radius 2 is 0.865 bits per heavy atom. The standard InChI is InChI=1S/2C10H9.2C6H5FO.Zr/c2*1-8-6-7-9-4-2-3-5-10(8)9;2*7-5-3-1-2-4-6(5)8;/h2*2-5,7-8H,1H3;2*1-4,8H;/q2*-1;;;+2. The molecular weight excluding hydrogens is 546 g/mol. The normalized spacial score (nSPS) is 15.4. The Kier molecular flexibility index (Phi) is 12.2. The topological polar surface area (TPSA) is 40.5 Å². The first kappa shape index (κ1) is 29.9. The number of aromatic hydroxyl groups is 2. The van der Waals surface area contributed by atoms with Gasteiger partial charge in [-0.1, -0.05) is 86.3 Å². The van der Waals surface area contributed by atoms with Gasteiger partial charge < -0.3 is 10.2 Å². The Morgan fingerprint density at radius 1 is 0.541 bits per heavy atom. The Labute approximate surface area is 236 Å². The van der Waals surface area contributed by atoms with E-state index in [1.165, 1.54) is 58.7 Å². The number of phenolic OH excluding ortho intramolecular Hbond substituents is 2. The van der Waals surface area contributed by atoms with Crippen LogP contribution in [-0.4, -0.2) is 10.2 Å². The third-order valence-electron chi connectivity index (χ3n) is 5.61. The molecule has 4 aromatic carbocycles. The average Bonchev–Trinajstić information content (AvgIpc) is 3.47. The summed E-state index contributed by atoms with van der Waals surface area (Å²) in [6, 6.07) is 28.1. The minimum absolute atomic E-state index is 0. The fraction of sp³-hybridized carbons (Fsp3) is 0.125. The number of benzene rings is 4. The summed E-state index contributed by atoms with van der Waals surface area (Å²) in [5, 5.41) is 17.1. The molecule has 0 fully saturated rings. The number of halogens is 2. The van der Waals surface area contributed by atoms with Crippen LogP contribution in [0.25, 0.3) is 12.2 Å². The molecule has 0 bridgehead atoms. The molecule has 2 nitrogen and oxygen atoms in total. The van der Waals surface area contributed by atoms with Crippen LogP contribution in [-0.2, 0) is 26.2 Å². The van der Waals surface area contributed by atoms with Crippen molar-refractivity contribution in [1.29, 1.82) is 0 Å². The minimum atomic E-state index is -0.576. The zero-order valence-electron chi connectivity index (χ0n) is 20.7. The van der Waals surface area contributed by atoms with Crippen molar-refractivity contribution in [2.45, 2.75) is 25.7 Å². The van der Waals surface area contributed by atoms with Gasteiger partial charge in [-0.15, -0.1) is 23.3 Å². The Hall–Kier alpha value is -3.30. The third kappa shape index (κ3) is 8.95. The van der Waals surface area contributed by atoms with E-state index in [0.717, 1.165) is 0 Å². The van der Waals surface area contributed by atoms with E-state index in [9.17, 15) is 8.78 Å². The second-order valence-electron chi connectivity index (χ2n) is 8.23. The molecule has 0 saturated heterocycles. The van der Waals surface area contributed by atoms with Gasteiger partial charge in [0.05, 0.1) is 0 Å². The molecular formula is C32H28F2O2Zr. The summed E-state index contributed by atoms with van der Waals surface area (Å²) in [4.78, 5) is 0. The Morgan fingerprint density at radius 3 is 1.16 bits per heavy atom. The van der Waals surface area contributed by atoms with Gasteiger partial charge in [-0.05, 0) is 24.3 Å². The van der Waals surface area contributed by atoms with Gasteiger partial charge >= 0.3 is 26.2 Å². The molecule has 2 atom stereocenters. The van der Waals surface area contributed by atoms with Gasteiger partial charge in [-0.3, -0.25) is 12.2 Å². The van der Waals surface area contributed by atoms with E-state index in [4.69, 9.17) is 10.2 Å². The zero-order valence-corrected chi connectivity index (χ0v) is 23.2. The number of para-hydroxylation sites is 2. The monoisotopic (exact) mass is 572 g/mol. The molecule has 186 valence electrons. The molecule has 2 N–H and O–H groups in total. The van der Waals surface area contributed by atoms with Gasteiger partial charge in [-0.25, -0.2) is 20.9 Å². The van der Waals surface area contributed by atoms with Crippen molar-refractivity contribution in [3.63, 3.8) is 0 Å². The molecule has 0 amide bonds. The molecule has 0 saturated carbocycles. The molecule has 0 heterocycles. The maximum atomic E-state index is 12.1. The van der Waals surface area contributed by atoms with Gasteiger partial charge in [-0.2, -0.15) is 11.1 Å². The maximum absolute atomic E-state index is 12.1. The third-order valence-corrected chi connectivity index (χ3v) is 5.61. The Balaban J connectivity index is 0.000000173. The summed E-state index contributed by atoms with van der Waals surface area (Å²) in [7, 11) is 0. The molecule has 2 aliphatic carbocycles. The van der Waals surface area contributed by atoms with Crippen LogP contribution in [0.1, 0.15) is 47.9 Å². The number of rotatable bonds is 0. The van der Waals surface area contributed by atoms with E-state index in [1.807, 2.05) is 0 Å². The summed E-state index contributed by atoms with van der Waals surface area (Å²) in [6.45, 7) is 4.34. The molecule has 5 heteroatoms. The van der Waals surface area contributed by atoms with Crippen LogP contribution in [0.2, 0.25) is 0 Å². The van der Waals surface area contributed by atoms with Crippen molar-refractivity contribution in [2.24, 2.45) is 0 Å². The van der Waals surface area contributed by atoms with E-state index >= 15 is 0 Å². The smallest absolute Gasteiger partial charge is 0.505 e. The van der Waals surface area contributed by atoms with Crippen LogP contribution in [0.3, 0.4) is 0 Å². The second-order valence-corrected chi connectivity index (χ2v) is 8.23. The van der Waals surface area contributed by atoms with Crippen molar-refractivity contribution in [1.82, 2.24) is 0 Å². The zero-order chi connectivity index (χ0) is 25.9. The fourth-order valence-electron chi connectivity index (χ4n) is 3.59. The van der Waals surface area contributed by atoms with Crippen LogP contribution in [0.15, 0.2) is 97.1 Å². The van der Waals surface area contributed by atoms with E-state index < -0.39 is 11.6 Å². The Bertz CT molecular complexity index is 1190. The maximum Gasteiger partial charge on any atom is 2.00 e. The van der Waals surface area contributed by atoms with Crippen LogP contribution < -0.4 is 0 Å². The number of hydrogen-bond donors (Lipinski definition) is 2. The molecule has 0 aromatic heterocycles. The first-order valence-electron chi connectivity index (χ1n) is 11.6. The molecule has 2 unspecified atom stereocenters. The van der Waals surface area contributed by atoms with Gasteiger partial charge in [0.2, 0.25) is 0 Å². The van der Waals surface area contributed by atoms with Crippen molar-refractivity contribution in [3.05, 3.63) is 143 Å². The summed E-state index contributed by atoms with van der Waals surface area (Å²) in [6.07, 6.45) is 10.7. The van der Waals surface area contributed by atoms with E-state index in [1.54, 1.807) is 12.1 Å². The van der Waals surface area contributed by atoms with Crippen molar-refractivity contribution >= 4 is 12.2 Å². The average molecular weight is 574 g/mol. The SMILES string of the molecule is CC1[C-]=Cc2ccccc21.CC1[C-]=Cc2ccccc21.Oc1ccccc1F.Oc1ccccc1F.[Zr+2]. The quantitative estimate of drug-likeness (QED) is 0.208. The summed E-state index contributed by atoms with van der Waals surface area (Å²) in [5.41, 5.74) is 5.47. The van der Waals surface area contributed by atoms with Gasteiger partial charge in [0.1, 0.15) is 0 Å². The van der Waals surface area contributed by atoms with Crippen molar-refractivity contribution < 1.29 is 45.2 Å². The molecule has 2 aliphatic rings. The minimum Gasteiger partial charge on any atom is -0.505 e. The molecule has 6 rings (SSSR count). The van der Waals surface area contributed by atoms with E-state index in [2.05, 4.69) is 86.7 Å². The largest absolute Gasteiger partial charge is 2.00 e. The van der Waals surface area contributed by atoms with Crippen LogP contribution in [0, 0.1) is 23.8 Å². The van der Waals surface area contributed by atoms with Crippen LogP contribution in [0.5, 0.6) is 11.5 Å². The predicted molar refractivity (Wildman–Crippen MR) is 141 cm³/mol. The van der Waals surface area contributed by atoms with Crippen molar-refractivity contribution in [2.75, 3.05) is 0 Å². The fourth-order valence-corrected chi connectivity index (χ4v) is 3.59. The number of fused-ring (bicyclic) bond motifs is 2. The molecule has 0 radical (unpaired) electrons. The molecule has 4 aromatic rings. The predicted octanol–water partition coefficient (Wildman–Crippen LogP) is 8.30. The number of hydrogen-bond acceptors (Lipinski definition) is 2. The summed E-state index contributed by atoms with van der Waals surface area (Å²) >= 11 is 0. The summed E-state index contributed by atoms with van der Waals surface area (Å²) in [5.74, 6) is -0.757. The first-order chi connectivity index (χ1) is 17.4. The number of allylic oxidation sites excluding steroid dienone is 2. The molecule has 0 spiro atoms. The van der Waals surface area contributed by atoms with Gasteiger partial charge in [0, 0.05) is 0 Å². The van der Waals surface area contributed by atoms with E-state index in [0.29, 0.717) is 11.8 Å². The van der Waals surface area contributed by atoms with Gasteiger partial charge in [0.15, 0.2) is 23.1 Å².